The molecule has 0 aromatic carbocycles. The van der Waals surface area contributed by atoms with Crippen LogP contribution in [0.5, 0.6) is 0 Å². The number of nitrogens with one attached hydrogen (secondary N) is 2. The predicted octanol–water partition coefficient (Wildman–Crippen LogP) is -0.299. The van der Waals surface area contributed by atoms with Gasteiger partial charge in [0.05, 0.1) is 5.75 Å². The molecule has 13 heavy (non-hydrogen) atoms. The molecule has 0 saturated carbocycles. The molecule has 1 rings (SSSR count). The van der Waals surface area contributed by atoms with Crippen LogP contribution in [0.4, 0.5) is 0 Å². The molecule has 4 nitrogen and oxygen atoms in total. The van der Waals surface area contributed by atoms with Crippen molar-refractivity contribution in [2.24, 2.45) is 5.92 Å². The van der Waals surface area contributed by atoms with E-state index in [4.69, 9.17) is 0 Å². The Morgan fingerprint density at radius 1 is 1.62 bits per heavy atom. The summed E-state index contributed by atoms with van der Waals surface area (Å²) in [5, 5.41) is 3.14. The summed E-state index contributed by atoms with van der Waals surface area (Å²) in [6.07, 6.45) is 2.50. The number of sulfonamides is 1. The first-order valence-corrected chi connectivity index (χ1v) is 6.08. The second-order valence-corrected chi connectivity index (χ2v) is 5.13. The van der Waals surface area contributed by atoms with Gasteiger partial charge in [0.2, 0.25) is 10.0 Å². The van der Waals surface area contributed by atoms with Crippen LogP contribution in [0.25, 0.3) is 0 Å². The molecule has 0 aliphatic carbocycles. The fourth-order valence-electron chi connectivity index (χ4n) is 1.41. The molecule has 0 spiro atoms. The molecule has 1 aliphatic heterocycles. The summed E-state index contributed by atoms with van der Waals surface area (Å²) in [7, 11) is -3.09. The van der Waals surface area contributed by atoms with Crippen molar-refractivity contribution in [3.8, 4) is 0 Å². The van der Waals surface area contributed by atoms with Crippen molar-refractivity contribution in [2.75, 3.05) is 25.4 Å². The van der Waals surface area contributed by atoms with Crippen molar-refractivity contribution in [3.63, 3.8) is 0 Å². The van der Waals surface area contributed by atoms with Gasteiger partial charge in [-0.2, -0.15) is 0 Å². The Balaban J connectivity index is 2.36. The van der Waals surface area contributed by atoms with E-state index in [9.17, 15) is 8.42 Å². The third kappa shape index (κ3) is 3.89. The van der Waals surface area contributed by atoms with Crippen molar-refractivity contribution in [3.05, 3.63) is 12.7 Å². The lowest BCUT2D eigenvalue weighted by atomic mass is 10.2. The van der Waals surface area contributed by atoms with Gasteiger partial charge in [0.1, 0.15) is 0 Å². The van der Waals surface area contributed by atoms with Crippen molar-refractivity contribution >= 4 is 10.0 Å². The van der Waals surface area contributed by atoms with Crippen LogP contribution in [-0.4, -0.2) is 33.8 Å². The van der Waals surface area contributed by atoms with Gasteiger partial charge in [-0.1, -0.05) is 6.08 Å². The zero-order chi connectivity index (χ0) is 9.73. The highest BCUT2D eigenvalue weighted by molar-refractivity contribution is 7.89. The monoisotopic (exact) mass is 204 g/mol. The number of hydrogen-bond acceptors (Lipinski definition) is 3. The van der Waals surface area contributed by atoms with Crippen LogP contribution >= 0.6 is 0 Å². The van der Waals surface area contributed by atoms with Gasteiger partial charge in [0, 0.05) is 6.54 Å². The quantitative estimate of drug-likeness (QED) is 0.605. The minimum Gasteiger partial charge on any atom is -0.316 e. The van der Waals surface area contributed by atoms with Crippen molar-refractivity contribution in [2.45, 2.75) is 6.42 Å². The maximum Gasteiger partial charge on any atom is 0.212 e. The standard InChI is InChI=1S/C8H16N2O2S/c1-2-4-10-13(11,12)7-8-3-5-9-6-8/h2,8-10H,1,3-7H2. The fourth-order valence-corrected chi connectivity index (χ4v) is 2.81. The van der Waals surface area contributed by atoms with E-state index in [-0.39, 0.29) is 11.7 Å². The first kappa shape index (κ1) is 10.7. The summed E-state index contributed by atoms with van der Waals surface area (Å²) in [5.74, 6) is 0.496. The Hall–Kier alpha value is -0.390. The third-order valence-corrected chi connectivity index (χ3v) is 3.58. The Morgan fingerprint density at radius 3 is 2.92 bits per heavy atom. The maximum atomic E-state index is 11.4. The molecule has 1 saturated heterocycles. The summed E-state index contributed by atoms with van der Waals surface area (Å²) in [6.45, 7) is 5.52. The van der Waals surface area contributed by atoms with Gasteiger partial charge in [0.25, 0.3) is 0 Å². The highest BCUT2D eigenvalue weighted by Gasteiger charge is 2.21. The molecule has 5 heteroatoms. The number of hydrogen-bond donors (Lipinski definition) is 2. The SMILES string of the molecule is C=CCNS(=O)(=O)CC1CCNC1. The van der Waals surface area contributed by atoms with Crippen molar-refractivity contribution in [1.82, 2.24) is 10.0 Å². The molecule has 1 aliphatic rings. The van der Waals surface area contributed by atoms with Crippen LogP contribution in [0.1, 0.15) is 6.42 Å². The molecule has 0 aromatic rings. The van der Waals surface area contributed by atoms with E-state index in [1.54, 1.807) is 6.08 Å². The van der Waals surface area contributed by atoms with E-state index in [1.807, 2.05) is 0 Å². The zero-order valence-electron chi connectivity index (χ0n) is 7.62. The van der Waals surface area contributed by atoms with Gasteiger partial charge in [-0.3, -0.25) is 0 Å². The van der Waals surface area contributed by atoms with E-state index in [0.717, 1.165) is 19.5 Å². The molecular weight excluding hydrogens is 188 g/mol. The van der Waals surface area contributed by atoms with Gasteiger partial charge >= 0.3 is 0 Å². The second-order valence-electron chi connectivity index (χ2n) is 3.28. The van der Waals surface area contributed by atoms with Gasteiger partial charge < -0.3 is 5.32 Å². The summed E-state index contributed by atoms with van der Waals surface area (Å²) in [5.41, 5.74) is 0. The van der Waals surface area contributed by atoms with Crippen LogP contribution in [0.15, 0.2) is 12.7 Å². The van der Waals surface area contributed by atoms with E-state index >= 15 is 0 Å². The van der Waals surface area contributed by atoms with Crippen molar-refractivity contribution in [1.29, 1.82) is 0 Å². The smallest absolute Gasteiger partial charge is 0.212 e. The van der Waals surface area contributed by atoms with E-state index in [0.29, 0.717) is 6.54 Å². The molecule has 0 amide bonds. The molecule has 0 bridgehead atoms. The van der Waals surface area contributed by atoms with Gasteiger partial charge in [-0.15, -0.1) is 6.58 Å². The lowest BCUT2D eigenvalue weighted by Gasteiger charge is -2.08. The maximum absolute atomic E-state index is 11.4. The summed E-state index contributed by atoms with van der Waals surface area (Å²) >= 11 is 0. The summed E-state index contributed by atoms with van der Waals surface area (Å²) in [6, 6.07) is 0. The van der Waals surface area contributed by atoms with Gasteiger partial charge in [0.15, 0.2) is 0 Å². The largest absolute Gasteiger partial charge is 0.316 e. The van der Waals surface area contributed by atoms with Gasteiger partial charge in [-0.25, -0.2) is 13.1 Å². The Labute approximate surface area is 79.5 Å². The normalized spacial score (nSPS) is 23.2. The molecule has 76 valence electrons. The average Bonchev–Trinajstić information content (AvgIpc) is 2.52. The molecule has 1 heterocycles. The molecule has 2 N–H and O–H groups in total. The van der Waals surface area contributed by atoms with Crippen molar-refractivity contribution < 1.29 is 8.42 Å². The predicted molar refractivity (Wildman–Crippen MR) is 53.0 cm³/mol. The summed E-state index contributed by atoms with van der Waals surface area (Å²) < 4.78 is 25.2. The van der Waals surface area contributed by atoms with Crippen LogP contribution in [0.3, 0.4) is 0 Å². The van der Waals surface area contributed by atoms with Crippen LogP contribution in [0, 0.1) is 5.92 Å². The Kier molecular flexibility index (Phi) is 3.90. The number of rotatable bonds is 5. The van der Waals surface area contributed by atoms with E-state index < -0.39 is 10.0 Å². The fraction of sp³-hybridized carbons (Fsp3) is 0.750. The molecule has 1 atom stereocenters. The average molecular weight is 204 g/mol. The zero-order valence-corrected chi connectivity index (χ0v) is 8.44. The second kappa shape index (κ2) is 4.74. The lowest BCUT2D eigenvalue weighted by molar-refractivity contribution is 0.561. The lowest BCUT2D eigenvalue weighted by Crippen LogP contribution is -2.30. The minimum atomic E-state index is -3.09. The van der Waals surface area contributed by atoms with E-state index in [2.05, 4.69) is 16.6 Å². The van der Waals surface area contributed by atoms with Crippen LogP contribution in [0.2, 0.25) is 0 Å². The molecule has 1 unspecified atom stereocenters. The first-order valence-electron chi connectivity index (χ1n) is 4.43. The van der Waals surface area contributed by atoms with Crippen LogP contribution < -0.4 is 10.0 Å². The molecule has 0 radical (unpaired) electrons. The van der Waals surface area contributed by atoms with Gasteiger partial charge in [-0.05, 0) is 25.4 Å². The highest BCUT2D eigenvalue weighted by atomic mass is 32.2. The third-order valence-electron chi connectivity index (χ3n) is 2.07. The topological polar surface area (TPSA) is 58.2 Å². The van der Waals surface area contributed by atoms with E-state index in [1.165, 1.54) is 0 Å². The molecule has 0 aromatic heterocycles. The Morgan fingerprint density at radius 2 is 2.38 bits per heavy atom. The minimum absolute atomic E-state index is 0.230. The molecule has 1 fully saturated rings. The first-order chi connectivity index (χ1) is 6.14. The van der Waals surface area contributed by atoms with Crippen LogP contribution in [-0.2, 0) is 10.0 Å². The molecular formula is C8H16N2O2S. The highest BCUT2D eigenvalue weighted by Crippen LogP contribution is 2.09. The Bertz CT molecular complexity index is 255. The summed E-state index contributed by atoms with van der Waals surface area (Å²) in [4.78, 5) is 0.